The molecular weight excluding hydrogens is 248 g/mol. The lowest BCUT2D eigenvalue weighted by molar-refractivity contribution is 0.136. The Morgan fingerprint density at radius 3 is 3.06 bits per heavy atom. The summed E-state index contributed by atoms with van der Waals surface area (Å²) in [6.07, 6.45) is 3.49. The van der Waals surface area contributed by atoms with Gasteiger partial charge in [-0.1, -0.05) is 0 Å². The number of hydrogen-bond acceptors (Lipinski definition) is 4. The van der Waals surface area contributed by atoms with Crippen molar-refractivity contribution in [3.8, 4) is 11.3 Å². The molecule has 2 aromatic heterocycles. The molecule has 0 aliphatic heterocycles. The van der Waals surface area contributed by atoms with Gasteiger partial charge in [0.25, 0.3) is 0 Å². The van der Waals surface area contributed by atoms with E-state index >= 15 is 0 Å². The number of rotatable bonds is 7. The third kappa shape index (κ3) is 3.19. The maximum Gasteiger partial charge on any atom is 0.0931 e. The Morgan fingerprint density at radius 1 is 1.50 bits per heavy atom. The molecule has 0 bridgehead atoms. The number of nitrogens with zero attached hydrogens (tertiary/aromatic N) is 1. The molecule has 0 aliphatic carbocycles. The van der Waals surface area contributed by atoms with Crippen molar-refractivity contribution < 1.29 is 9.84 Å². The molecular formula is C13H18N2O2S. The van der Waals surface area contributed by atoms with E-state index in [2.05, 4.69) is 16.3 Å². The van der Waals surface area contributed by atoms with Gasteiger partial charge in [0.15, 0.2) is 0 Å². The van der Waals surface area contributed by atoms with E-state index in [9.17, 15) is 0 Å². The third-order valence-electron chi connectivity index (χ3n) is 2.65. The zero-order chi connectivity index (χ0) is 12.8. The van der Waals surface area contributed by atoms with E-state index in [0.717, 1.165) is 30.7 Å². The Hall–Kier alpha value is -1.17. The van der Waals surface area contributed by atoms with Gasteiger partial charge in [0, 0.05) is 34.7 Å². The monoisotopic (exact) mass is 266 g/mol. The van der Waals surface area contributed by atoms with Gasteiger partial charge < -0.3 is 9.84 Å². The van der Waals surface area contributed by atoms with Crippen molar-refractivity contribution in [2.45, 2.75) is 26.4 Å². The predicted octanol–water partition coefficient (Wildman–Crippen LogP) is 2.60. The minimum Gasteiger partial charge on any atom is -0.396 e. The second-order valence-electron chi connectivity index (χ2n) is 3.97. The van der Waals surface area contributed by atoms with Crippen molar-refractivity contribution in [2.75, 3.05) is 13.2 Å². The summed E-state index contributed by atoms with van der Waals surface area (Å²) in [5.41, 5.74) is 2.12. The zero-order valence-electron chi connectivity index (χ0n) is 10.5. The summed E-state index contributed by atoms with van der Waals surface area (Å²) in [5.74, 6) is 0. The predicted molar refractivity (Wildman–Crippen MR) is 72.6 cm³/mol. The summed E-state index contributed by atoms with van der Waals surface area (Å²) in [4.78, 5) is 2.48. The fraction of sp³-hybridized carbons (Fsp3) is 0.462. The van der Waals surface area contributed by atoms with Crippen LogP contribution in [0.2, 0.25) is 0 Å². The Morgan fingerprint density at radius 2 is 2.39 bits per heavy atom. The van der Waals surface area contributed by atoms with Gasteiger partial charge in [-0.05, 0) is 31.9 Å². The Labute approximate surface area is 111 Å². The fourth-order valence-corrected chi connectivity index (χ4v) is 2.97. The summed E-state index contributed by atoms with van der Waals surface area (Å²) in [7, 11) is 0. The number of aryl methyl sites for hydroxylation is 1. The normalized spacial score (nSPS) is 11.0. The highest BCUT2D eigenvalue weighted by molar-refractivity contribution is 7.12. The molecule has 18 heavy (non-hydrogen) atoms. The number of nitrogens with one attached hydrogen (secondary N) is 1. The molecule has 0 spiro atoms. The number of aromatic nitrogens is 2. The van der Waals surface area contributed by atoms with Gasteiger partial charge in [-0.25, -0.2) is 0 Å². The van der Waals surface area contributed by atoms with E-state index in [0.29, 0.717) is 6.61 Å². The minimum absolute atomic E-state index is 0.221. The van der Waals surface area contributed by atoms with Crippen LogP contribution in [-0.2, 0) is 17.8 Å². The standard InChI is InChI=1S/C13H18N2O2S/c1-2-17-9-10-8-11(12-5-6-14-15-12)13(18-10)4-3-7-16/h5-6,8,16H,2-4,7,9H2,1H3,(H,14,15). The van der Waals surface area contributed by atoms with Crippen LogP contribution in [0.25, 0.3) is 11.3 Å². The number of ether oxygens (including phenoxy) is 1. The number of thiophene rings is 1. The van der Waals surface area contributed by atoms with Crippen LogP contribution in [0.15, 0.2) is 18.3 Å². The summed E-state index contributed by atoms with van der Waals surface area (Å²) >= 11 is 1.75. The average Bonchev–Trinajstić information content (AvgIpc) is 3.02. The van der Waals surface area contributed by atoms with Crippen molar-refractivity contribution in [3.05, 3.63) is 28.1 Å². The summed E-state index contributed by atoms with van der Waals surface area (Å²) in [6, 6.07) is 4.11. The Bertz CT molecular complexity index is 465. The molecule has 0 aromatic carbocycles. The number of aromatic amines is 1. The minimum atomic E-state index is 0.221. The Balaban J connectivity index is 2.21. The first-order chi connectivity index (χ1) is 8.85. The lowest BCUT2D eigenvalue weighted by Gasteiger charge is -1.98. The molecule has 0 atom stereocenters. The molecule has 5 heteroatoms. The van der Waals surface area contributed by atoms with Crippen LogP contribution in [0.3, 0.4) is 0 Å². The van der Waals surface area contributed by atoms with Gasteiger partial charge in [0.1, 0.15) is 0 Å². The molecule has 0 aliphatic rings. The molecule has 0 amide bonds. The van der Waals surface area contributed by atoms with E-state index in [-0.39, 0.29) is 6.61 Å². The first kappa shape index (κ1) is 13.3. The van der Waals surface area contributed by atoms with Gasteiger partial charge in [-0.15, -0.1) is 11.3 Å². The highest BCUT2D eigenvalue weighted by Crippen LogP contribution is 2.31. The lowest BCUT2D eigenvalue weighted by atomic mass is 10.1. The molecule has 0 radical (unpaired) electrons. The first-order valence-electron chi connectivity index (χ1n) is 6.15. The van der Waals surface area contributed by atoms with Crippen molar-refractivity contribution in [1.29, 1.82) is 0 Å². The topological polar surface area (TPSA) is 58.1 Å². The second-order valence-corrected chi connectivity index (χ2v) is 5.19. The SMILES string of the molecule is CCOCc1cc(-c2cc[nH]n2)c(CCCO)s1. The summed E-state index contributed by atoms with van der Waals surface area (Å²) in [5, 5.41) is 16.0. The average molecular weight is 266 g/mol. The van der Waals surface area contributed by atoms with Gasteiger partial charge in [-0.2, -0.15) is 5.10 Å². The molecule has 2 heterocycles. The molecule has 2 N–H and O–H groups in total. The first-order valence-corrected chi connectivity index (χ1v) is 6.97. The molecule has 0 fully saturated rings. The van der Waals surface area contributed by atoms with Gasteiger partial charge in [0.2, 0.25) is 0 Å². The van der Waals surface area contributed by atoms with Crippen LogP contribution >= 0.6 is 11.3 Å². The van der Waals surface area contributed by atoms with Crippen LogP contribution in [0.1, 0.15) is 23.1 Å². The van der Waals surface area contributed by atoms with Crippen molar-refractivity contribution in [1.82, 2.24) is 10.2 Å². The van der Waals surface area contributed by atoms with E-state index in [1.807, 2.05) is 19.2 Å². The van der Waals surface area contributed by atoms with Gasteiger partial charge in [-0.3, -0.25) is 5.10 Å². The lowest BCUT2D eigenvalue weighted by Crippen LogP contribution is -1.88. The van der Waals surface area contributed by atoms with E-state index in [1.165, 1.54) is 9.75 Å². The molecule has 0 saturated heterocycles. The van der Waals surface area contributed by atoms with Crippen LogP contribution in [0.5, 0.6) is 0 Å². The smallest absolute Gasteiger partial charge is 0.0931 e. The number of aliphatic hydroxyl groups excluding tert-OH is 1. The van der Waals surface area contributed by atoms with Gasteiger partial charge >= 0.3 is 0 Å². The molecule has 98 valence electrons. The highest BCUT2D eigenvalue weighted by Gasteiger charge is 2.12. The van der Waals surface area contributed by atoms with Gasteiger partial charge in [0.05, 0.1) is 12.3 Å². The highest BCUT2D eigenvalue weighted by atomic mass is 32.1. The van der Waals surface area contributed by atoms with E-state index in [4.69, 9.17) is 9.84 Å². The van der Waals surface area contributed by atoms with E-state index < -0.39 is 0 Å². The van der Waals surface area contributed by atoms with Crippen LogP contribution < -0.4 is 0 Å². The zero-order valence-corrected chi connectivity index (χ0v) is 11.3. The number of H-pyrrole nitrogens is 1. The molecule has 2 rings (SSSR count). The molecule has 0 saturated carbocycles. The van der Waals surface area contributed by atoms with Crippen LogP contribution in [0.4, 0.5) is 0 Å². The fourth-order valence-electron chi connectivity index (χ4n) is 1.81. The maximum absolute atomic E-state index is 8.96. The summed E-state index contributed by atoms with van der Waals surface area (Å²) in [6.45, 7) is 3.59. The maximum atomic E-state index is 8.96. The summed E-state index contributed by atoms with van der Waals surface area (Å²) < 4.78 is 5.44. The third-order valence-corrected chi connectivity index (χ3v) is 3.82. The number of hydrogen-bond donors (Lipinski definition) is 2. The van der Waals surface area contributed by atoms with E-state index in [1.54, 1.807) is 11.3 Å². The molecule has 4 nitrogen and oxygen atoms in total. The number of aliphatic hydroxyl groups is 1. The largest absolute Gasteiger partial charge is 0.396 e. The van der Waals surface area contributed by atoms with Crippen LogP contribution in [-0.4, -0.2) is 28.5 Å². The quantitative estimate of drug-likeness (QED) is 0.810. The van der Waals surface area contributed by atoms with Crippen molar-refractivity contribution in [3.63, 3.8) is 0 Å². The Kier molecular flexibility index (Phi) is 4.92. The van der Waals surface area contributed by atoms with Crippen molar-refractivity contribution in [2.24, 2.45) is 0 Å². The molecule has 0 unspecified atom stereocenters. The van der Waals surface area contributed by atoms with Crippen molar-refractivity contribution >= 4 is 11.3 Å². The van der Waals surface area contributed by atoms with Crippen LogP contribution in [0, 0.1) is 0 Å². The molecule has 2 aromatic rings. The second kappa shape index (κ2) is 6.68.